The van der Waals surface area contributed by atoms with E-state index in [4.69, 9.17) is 4.74 Å². The maximum atomic E-state index is 14.2. The van der Waals surface area contributed by atoms with E-state index in [1.165, 1.54) is 4.52 Å². The van der Waals surface area contributed by atoms with Crippen molar-refractivity contribution in [1.82, 2.24) is 24.4 Å². The van der Waals surface area contributed by atoms with E-state index < -0.39 is 17.7 Å². The summed E-state index contributed by atoms with van der Waals surface area (Å²) in [4.78, 5) is 42.2. The predicted octanol–water partition coefficient (Wildman–Crippen LogP) is 6.43. The van der Waals surface area contributed by atoms with Crippen LogP contribution < -0.4 is 11.0 Å². The average molecular weight is 651 g/mol. The molecule has 4 aromatic rings. The highest BCUT2D eigenvalue weighted by molar-refractivity contribution is 9.10. The number of carbonyl (C=O) groups is 2. The van der Waals surface area contributed by atoms with Gasteiger partial charge in [0.05, 0.1) is 28.3 Å². The lowest BCUT2D eigenvalue weighted by molar-refractivity contribution is 0.0523. The van der Waals surface area contributed by atoms with Crippen LogP contribution in [0.1, 0.15) is 79.5 Å². The lowest BCUT2D eigenvalue weighted by atomic mass is 10.0. The molecule has 0 radical (unpaired) electrons. The van der Waals surface area contributed by atoms with E-state index >= 15 is 0 Å². The summed E-state index contributed by atoms with van der Waals surface area (Å²) in [5.41, 5.74) is 3.69. The zero-order valence-electron chi connectivity index (χ0n) is 25.7. The van der Waals surface area contributed by atoms with Gasteiger partial charge in [-0.1, -0.05) is 55.0 Å². The molecule has 43 heavy (non-hydrogen) atoms. The Labute approximate surface area is 261 Å². The monoisotopic (exact) mass is 649 g/mol. The third kappa shape index (κ3) is 7.73. The van der Waals surface area contributed by atoms with Crippen molar-refractivity contribution in [2.24, 2.45) is 0 Å². The number of rotatable bonds is 10. The highest BCUT2D eigenvalue weighted by Gasteiger charge is 2.29. The molecule has 1 unspecified atom stereocenters. The largest absolute Gasteiger partial charge is 0.444 e. The van der Waals surface area contributed by atoms with E-state index in [1.807, 2.05) is 107 Å². The van der Waals surface area contributed by atoms with Crippen LogP contribution in [0.25, 0.3) is 5.52 Å². The van der Waals surface area contributed by atoms with Crippen molar-refractivity contribution in [3.05, 3.63) is 104 Å². The van der Waals surface area contributed by atoms with Gasteiger partial charge in [0.2, 0.25) is 0 Å². The number of alkyl carbamates (subject to hydrolysis) is 1. The fourth-order valence-electron chi connectivity index (χ4n) is 5.13. The third-order valence-corrected chi connectivity index (χ3v) is 8.07. The molecule has 0 fully saturated rings. The van der Waals surface area contributed by atoms with Crippen LogP contribution in [0.3, 0.4) is 0 Å². The van der Waals surface area contributed by atoms with Crippen LogP contribution in [0.4, 0.5) is 4.79 Å². The average Bonchev–Trinajstić information content (AvgIpc) is 3.24. The van der Waals surface area contributed by atoms with E-state index in [0.29, 0.717) is 54.9 Å². The Balaban J connectivity index is 1.77. The van der Waals surface area contributed by atoms with Gasteiger partial charge in [-0.3, -0.25) is 9.36 Å². The molecule has 2 amide bonds. The van der Waals surface area contributed by atoms with Crippen molar-refractivity contribution in [2.75, 3.05) is 13.1 Å². The van der Waals surface area contributed by atoms with Crippen molar-refractivity contribution < 1.29 is 14.3 Å². The number of ether oxygens (including phenoxy) is 1. The lowest BCUT2D eigenvalue weighted by Gasteiger charge is -2.33. The quantitative estimate of drug-likeness (QED) is 0.200. The standard InChI is InChI=1S/C33H40BrN5O4/c1-7-26(27-20-28-29(34)23(3)36-39(28)32(42)38(27)21-24-14-9-8-10-15-24)37(30(40)25-16-11-13-22(2)19-25)18-12-17-35-31(41)43-33(4,5)6/h8-11,13-16,19-20,26H,7,12,17-18,21H2,1-6H3,(H,35,41). The summed E-state index contributed by atoms with van der Waals surface area (Å²) < 4.78 is 9.24. The second-order valence-corrected chi connectivity index (χ2v) is 12.5. The zero-order valence-corrected chi connectivity index (χ0v) is 27.3. The Morgan fingerprint density at radius 3 is 2.44 bits per heavy atom. The molecule has 2 aromatic carbocycles. The minimum atomic E-state index is -0.605. The molecule has 0 spiro atoms. The number of nitrogens with zero attached hydrogens (tertiary/aromatic N) is 4. The van der Waals surface area contributed by atoms with E-state index in [-0.39, 0.29) is 11.6 Å². The first-order chi connectivity index (χ1) is 20.4. The van der Waals surface area contributed by atoms with Gasteiger partial charge in [-0.05, 0) is 87.2 Å². The molecule has 1 N–H and O–H groups in total. The molecular formula is C33H40BrN5O4. The molecule has 0 aliphatic carbocycles. The van der Waals surface area contributed by atoms with Crippen LogP contribution in [0, 0.1) is 13.8 Å². The first-order valence-electron chi connectivity index (χ1n) is 14.6. The van der Waals surface area contributed by atoms with Gasteiger partial charge in [0.25, 0.3) is 5.91 Å². The first kappa shape index (κ1) is 32.0. The van der Waals surface area contributed by atoms with Crippen molar-refractivity contribution in [3.8, 4) is 0 Å². The van der Waals surface area contributed by atoms with Crippen LogP contribution in [-0.4, -0.2) is 49.8 Å². The molecule has 0 aliphatic heterocycles. The summed E-state index contributed by atoms with van der Waals surface area (Å²) in [5.74, 6) is -0.143. The molecule has 228 valence electrons. The maximum absolute atomic E-state index is 14.2. The third-order valence-electron chi connectivity index (χ3n) is 7.09. The van der Waals surface area contributed by atoms with Gasteiger partial charge < -0.3 is 15.0 Å². The van der Waals surface area contributed by atoms with E-state index in [1.54, 1.807) is 4.57 Å². The molecular weight excluding hydrogens is 610 g/mol. The van der Waals surface area contributed by atoms with Crippen molar-refractivity contribution in [1.29, 1.82) is 0 Å². The number of amides is 2. The molecule has 10 heteroatoms. The van der Waals surface area contributed by atoms with Crippen molar-refractivity contribution in [2.45, 2.75) is 72.6 Å². The smallest absolute Gasteiger partial charge is 0.407 e. The Morgan fingerprint density at radius 1 is 1.07 bits per heavy atom. The maximum Gasteiger partial charge on any atom is 0.407 e. The fraction of sp³-hybridized carbons (Fsp3) is 0.394. The molecule has 0 aliphatic rings. The number of halogens is 1. The topological polar surface area (TPSA) is 97.9 Å². The fourth-order valence-corrected chi connectivity index (χ4v) is 5.49. The Bertz CT molecular complexity index is 1660. The Kier molecular flexibility index (Phi) is 10.1. The number of nitrogens with one attached hydrogen (secondary N) is 1. The van der Waals surface area contributed by atoms with Gasteiger partial charge in [0.1, 0.15) is 5.60 Å². The van der Waals surface area contributed by atoms with Gasteiger partial charge in [-0.2, -0.15) is 9.61 Å². The van der Waals surface area contributed by atoms with Crippen LogP contribution >= 0.6 is 15.9 Å². The normalized spacial score (nSPS) is 12.3. The number of fused-ring (bicyclic) bond motifs is 1. The van der Waals surface area contributed by atoms with Crippen LogP contribution in [-0.2, 0) is 11.3 Å². The van der Waals surface area contributed by atoms with Gasteiger partial charge in [0, 0.05) is 24.3 Å². The lowest BCUT2D eigenvalue weighted by Crippen LogP contribution is -2.41. The first-order valence-corrected chi connectivity index (χ1v) is 15.4. The van der Waals surface area contributed by atoms with Gasteiger partial charge in [-0.15, -0.1) is 0 Å². The predicted molar refractivity (Wildman–Crippen MR) is 172 cm³/mol. The van der Waals surface area contributed by atoms with Crippen LogP contribution in [0.15, 0.2) is 69.9 Å². The minimum absolute atomic E-state index is 0.143. The number of carbonyl (C=O) groups excluding carboxylic acids is 2. The Hall–Kier alpha value is -3.92. The van der Waals surface area contributed by atoms with Gasteiger partial charge in [-0.25, -0.2) is 9.59 Å². The van der Waals surface area contributed by atoms with Crippen LogP contribution in [0.2, 0.25) is 0 Å². The SMILES string of the molecule is CCC(c1cc2c(Br)c(C)nn2c(=O)n1Cc1ccccc1)N(CCCNC(=O)OC(C)(C)C)C(=O)c1cccc(C)c1. The molecule has 0 saturated heterocycles. The number of aromatic nitrogens is 3. The molecule has 9 nitrogen and oxygen atoms in total. The Morgan fingerprint density at radius 2 is 1.79 bits per heavy atom. The summed E-state index contributed by atoms with van der Waals surface area (Å²) in [6.45, 7) is 12.3. The number of hydrogen-bond donors (Lipinski definition) is 1. The van der Waals surface area contributed by atoms with Gasteiger partial charge in [0.15, 0.2) is 0 Å². The van der Waals surface area contributed by atoms with Gasteiger partial charge >= 0.3 is 11.8 Å². The number of hydrogen-bond acceptors (Lipinski definition) is 5. The second-order valence-electron chi connectivity index (χ2n) is 11.7. The van der Waals surface area contributed by atoms with E-state index in [9.17, 15) is 14.4 Å². The van der Waals surface area contributed by atoms with E-state index in [2.05, 4.69) is 26.3 Å². The van der Waals surface area contributed by atoms with Crippen molar-refractivity contribution in [3.63, 3.8) is 0 Å². The minimum Gasteiger partial charge on any atom is -0.444 e. The summed E-state index contributed by atoms with van der Waals surface area (Å²) in [6.07, 6.45) is 0.555. The number of benzene rings is 2. The highest BCUT2D eigenvalue weighted by atomic mass is 79.9. The van der Waals surface area contributed by atoms with E-state index in [0.717, 1.165) is 15.6 Å². The summed E-state index contributed by atoms with van der Waals surface area (Å²) >= 11 is 3.61. The highest BCUT2D eigenvalue weighted by Crippen LogP contribution is 2.30. The summed E-state index contributed by atoms with van der Waals surface area (Å²) in [6, 6.07) is 18.8. The zero-order chi connectivity index (χ0) is 31.3. The molecule has 0 bridgehead atoms. The second kappa shape index (κ2) is 13.6. The summed E-state index contributed by atoms with van der Waals surface area (Å²) in [7, 11) is 0. The molecule has 2 aromatic heterocycles. The number of aryl methyl sites for hydroxylation is 2. The molecule has 4 rings (SSSR count). The molecule has 0 saturated carbocycles. The molecule has 2 heterocycles. The molecule has 1 atom stereocenters. The van der Waals surface area contributed by atoms with Crippen molar-refractivity contribution >= 4 is 33.4 Å². The summed E-state index contributed by atoms with van der Waals surface area (Å²) in [5, 5.41) is 7.28. The van der Waals surface area contributed by atoms with Crippen LogP contribution in [0.5, 0.6) is 0 Å².